The van der Waals surface area contributed by atoms with Gasteiger partial charge < -0.3 is 27.4 Å². The summed E-state index contributed by atoms with van der Waals surface area (Å²) in [6.07, 6.45) is 0.598. The lowest BCUT2D eigenvalue weighted by Crippen LogP contribution is -2.30. The van der Waals surface area contributed by atoms with Gasteiger partial charge in [0.05, 0.1) is 11.4 Å². The van der Waals surface area contributed by atoms with E-state index in [0.717, 1.165) is 0 Å². The van der Waals surface area contributed by atoms with Gasteiger partial charge in [-0.2, -0.15) is 0 Å². The Kier molecular flexibility index (Phi) is 5.35. The van der Waals surface area contributed by atoms with Crippen LogP contribution < -0.4 is 27.4 Å². The van der Waals surface area contributed by atoms with E-state index in [1.807, 2.05) is 0 Å². The molecule has 158 valence electrons. The van der Waals surface area contributed by atoms with Crippen molar-refractivity contribution in [3.63, 3.8) is 0 Å². The quantitative estimate of drug-likeness (QED) is 0.382. The molecule has 1 aliphatic rings. The summed E-state index contributed by atoms with van der Waals surface area (Å²) in [7, 11) is 0. The number of nitrogens with two attached hydrogens (primary N) is 2. The third-order valence-electron chi connectivity index (χ3n) is 4.78. The molecule has 2 heterocycles. The van der Waals surface area contributed by atoms with Crippen LogP contribution in [0, 0.1) is 5.82 Å². The maximum Gasteiger partial charge on any atom is 0.267 e. The Labute approximate surface area is 177 Å². The predicted octanol–water partition coefficient (Wildman–Crippen LogP) is 2.01. The Hall–Kier alpha value is -4.21. The number of carbonyl (C=O) groups is 2. The summed E-state index contributed by atoms with van der Waals surface area (Å²) in [6, 6.07) is 11.9. The van der Waals surface area contributed by atoms with Crippen LogP contribution in [0.1, 0.15) is 16.9 Å². The van der Waals surface area contributed by atoms with Crippen molar-refractivity contribution in [3.8, 4) is 11.4 Å². The third-order valence-corrected chi connectivity index (χ3v) is 4.78. The summed E-state index contributed by atoms with van der Waals surface area (Å²) in [5, 5.41) is 8.85. The largest absolute Gasteiger partial charge is 0.397 e. The highest BCUT2D eigenvalue weighted by Gasteiger charge is 2.24. The first-order valence-corrected chi connectivity index (χ1v) is 9.54. The fraction of sp³-hybridized carbons (Fsp3) is 0.143. The summed E-state index contributed by atoms with van der Waals surface area (Å²) in [6.45, 7) is 0.566. The number of nitrogens with zero attached hydrogens (tertiary/aromatic N) is 2. The number of hydrogen-bond donors (Lipinski definition) is 5. The highest BCUT2D eigenvalue weighted by molar-refractivity contribution is 5.92. The van der Waals surface area contributed by atoms with Crippen molar-refractivity contribution in [2.45, 2.75) is 12.5 Å². The van der Waals surface area contributed by atoms with Gasteiger partial charge in [-0.05, 0) is 48.9 Å². The first-order chi connectivity index (χ1) is 14.9. The van der Waals surface area contributed by atoms with E-state index in [2.05, 4.69) is 25.9 Å². The second-order valence-electron chi connectivity index (χ2n) is 7.04. The third kappa shape index (κ3) is 4.53. The number of anilines is 4. The van der Waals surface area contributed by atoms with E-state index in [1.54, 1.807) is 30.3 Å². The van der Waals surface area contributed by atoms with Gasteiger partial charge in [-0.3, -0.25) is 9.59 Å². The zero-order valence-corrected chi connectivity index (χ0v) is 16.4. The number of primary amides is 1. The lowest BCUT2D eigenvalue weighted by Gasteiger charge is -2.14. The van der Waals surface area contributed by atoms with E-state index in [0.29, 0.717) is 41.4 Å². The van der Waals surface area contributed by atoms with Crippen molar-refractivity contribution in [1.29, 1.82) is 0 Å². The van der Waals surface area contributed by atoms with Crippen LogP contribution in [0.4, 0.5) is 27.3 Å². The van der Waals surface area contributed by atoms with E-state index in [1.165, 1.54) is 18.2 Å². The normalized spacial score (nSPS) is 15.4. The molecular weight excluding hydrogens is 401 g/mol. The molecule has 1 aromatic heterocycles. The van der Waals surface area contributed by atoms with Crippen molar-refractivity contribution in [2.75, 3.05) is 22.9 Å². The molecule has 1 atom stereocenters. The van der Waals surface area contributed by atoms with Gasteiger partial charge in [0.25, 0.3) is 5.91 Å². The minimum atomic E-state index is -0.717. The zero-order chi connectivity index (χ0) is 22.0. The average Bonchev–Trinajstić information content (AvgIpc) is 3.15. The molecule has 7 N–H and O–H groups in total. The summed E-state index contributed by atoms with van der Waals surface area (Å²) >= 11 is 0. The van der Waals surface area contributed by atoms with Crippen LogP contribution in [-0.2, 0) is 4.79 Å². The minimum absolute atomic E-state index is 0.0120. The Morgan fingerprint density at radius 2 is 1.90 bits per heavy atom. The molecule has 1 unspecified atom stereocenters. The molecule has 1 saturated heterocycles. The average molecular weight is 421 g/mol. The second-order valence-corrected chi connectivity index (χ2v) is 7.04. The molecule has 3 aromatic rings. The maximum absolute atomic E-state index is 13.1. The standard InChI is InChI=1S/C21H20FN7O2/c22-12-2-4-13(5-3-12)26-15-6-1-11(9-14(15)23)20-28-17(19(24)30)10-18(29-20)27-16-7-8-25-21(16)31/h1-6,9-10,16,26H,7-8,23H2,(H2,24,30)(H,25,31)(H,27,28,29). The van der Waals surface area contributed by atoms with Gasteiger partial charge in [-0.25, -0.2) is 14.4 Å². The number of benzene rings is 2. The van der Waals surface area contributed by atoms with E-state index >= 15 is 0 Å². The molecule has 2 aromatic carbocycles. The minimum Gasteiger partial charge on any atom is -0.397 e. The first kappa shape index (κ1) is 20.1. The molecule has 4 rings (SSSR count). The van der Waals surface area contributed by atoms with Crippen LogP contribution in [0.5, 0.6) is 0 Å². The number of aromatic nitrogens is 2. The molecule has 0 saturated carbocycles. The van der Waals surface area contributed by atoms with E-state index in [-0.39, 0.29) is 23.2 Å². The SMILES string of the molecule is NC(=O)c1cc(NC2CCNC2=O)nc(-c2ccc(Nc3ccc(F)cc3)c(N)c2)n1. The molecule has 1 aliphatic heterocycles. The van der Waals surface area contributed by atoms with Gasteiger partial charge in [-0.15, -0.1) is 0 Å². The van der Waals surface area contributed by atoms with E-state index in [9.17, 15) is 14.0 Å². The van der Waals surface area contributed by atoms with Crippen LogP contribution in [0.2, 0.25) is 0 Å². The van der Waals surface area contributed by atoms with Crippen LogP contribution in [0.15, 0.2) is 48.5 Å². The van der Waals surface area contributed by atoms with Gasteiger partial charge in [0, 0.05) is 23.9 Å². The monoisotopic (exact) mass is 421 g/mol. The van der Waals surface area contributed by atoms with Crippen molar-refractivity contribution < 1.29 is 14.0 Å². The Morgan fingerprint density at radius 1 is 1.13 bits per heavy atom. The summed E-state index contributed by atoms with van der Waals surface area (Å²) in [5.74, 6) is -0.642. The fourth-order valence-electron chi connectivity index (χ4n) is 3.19. The van der Waals surface area contributed by atoms with Crippen LogP contribution in [0.3, 0.4) is 0 Å². The Bertz CT molecular complexity index is 1150. The number of rotatable bonds is 6. The number of halogens is 1. The first-order valence-electron chi connectivity index (χ1n) is 9.54. The second kappa shape index (κ2) is 8.27. The maximum atomic E-state index is 13.1. The van der Waals surface area contributed by atoms with Crippen LogP contribution >= 0.6 is 0 Å². The summed E-state index contributed by atoms with van der Waals surface area (Å²) < 4.78 is 13.1. The van der Waals surface area contributed by atoms with Crippen molar-refractivity contribution >= 4 is 34.7 Å². The van der Waals surface area contributed by atoms with Crippen molar-refractivity contribution in [2.24, 2.45) is 5.73 Å². The number of nitrogen functional groups attached to an aromatic ring is 1. The number of carbonyl (C=O) groups excluding carboxylic acids is 2. The highest BCUT2D eigenvalue weighted by Crippen LogP contribution is 2.28. The molecule has 0 bridgehead atoms. The summed E-state index contributed by atoms with van der Waals surface area (Å²) in [5.41, 5.74) is 13.9. The van der Waals surface area contributed by atoms with Gasteiger partial charge in [0.15, 0.2) is 5.82 Å². The molecule has 0 radical (unpaired) electrons. The molecule has 10 heteroatoms. The van der Waals surface area contributed by atoms with Crippen LogP contribution in [-0.4, -0.2) is 34.4 Å². The topological polar surface area (TPSA) is 148 Å². The number of nitrogens with one attached hydrogen (secondary N) is 3. The van der Waals surface area contributed by atoms with Gasteiger partial charge in [0.1, 0.15) is 23.4 Å². The van der Waals surface area contributed by atoms with Crippen LogP contribution in [0.25, 0.3) is 11.4 Å². The molecule has 1 fully saturated rings. The molecule has 0 spiro atoms. The Morgan fingerprint density at radius 3 is 2.55 bits per heavy atom. The molecule has 31 heavy (non-hydrogen) atoms. The van der Waals surface area contributed by atoms with Gasteiger partial charge in [0.2, 0.25) is 5.91 Å². The molecule has 2 amide bonds. The fourth-order valence-corrected chi connectivity index (χ4v) is 3.19. The van der Waals surface area contributed by atoms with Crippen molar-refractivity contribution in [3.05, 3.63) is 60.0 Å². The molecular formula is C21H20FN7O2. The molecule has 0 aliphatic carbocycles. The number of hydrogen-bond acceptors (Lipinski definition) is 7. The predicted molar refractivity (Wildman–Crippen MR) is 115 cm³/mol. The summed E-state index contributed by atoms with van der Waals surface area (Å²) in [4.78, 5) is 32.2. The van der Waals surface area contributed by atoms with E-state index in [4.69, 9.17) is 11.5 Å². The number of amides is 2. The lowest BCUT2D eigenvalue weighted by molar-refractivity contribution is -0.119. The lowest BCUT2D eigenvalue weighted by atomic mass is 10.1. The zero-order valence-electron chi connectivity index (χ0n) is 16.4. The van der Waals surface area contributed by atoms with Crippen molar-refractivity contribution in [1.82, 2.24) is 15.3 Å². The van der Waals surface area contributed by atoms with Gasteiger partial charge >= 0.3 is 0 Å². The smallest absolute Gasteiger partial charge is 0.267 e. The van der Waals surface area contributed by atoms with E-state index < -0.39 is 11.9 Å². The van der Waals surface area contributed by atoms with Gasteiger partial charge in [-0.1, -0.05) is 0 Å². The molecule has 9 nitrogen and oxygen atoms in total. The highest BCUT2D eigenvalue weighted by atomic mass is 19.1. The Balaban J connectivity index is 1.63.